The van der Waals surface area contributed by atoms with Crippen molar-refractivity contribution in [3.63, 3.8) is 0 Å². The van der Waals surface area contributed by atoms with E-state index < -0.39 is 5.82 Å². The number of benzene rings is 3. The van der Waals surface area contributed by atoms with Crippen LogP contribution in [-0.4, -0.2) is 17.0 Å². The van der Waals surface area contributed by atoms with Gasteiger partial charge in [0, 0.05) is 22.9 Å². The monoisotopic (exact) mass is 429 g/mol. The van der Waals surface area contributed by atoms with E-state index >= 15 is 0 Å². The second-order valence-electron chi connectivity index (χ2n) is 7.22. The molecule has 0 radical (unpaired) electrons. The first kappa shape index (κ1) is 21.0. The van der Waals surface area contributed by atoms with Gasteiger partial charge in [-0.05, 0) is 48.9 Å². The molecule has 0 fully saturated rings. The quantitative estimate of drug-likeness (QED) is 0.440. The molecule has 3 aromatic carbocycles. The van der Waals surface area contributed by atoms with Gasteiger partial charge in [0.15, 0.2) is 11.5 Å². The Bertz CT molecular complexity index is 1220. The number of nitrogens with zero attached hydrogens (tertiary/aromatic N) is 1. The van der Waals surface area contributed by atoms with Gasteiger partial charge in [-0.15, -0.1) is 0 Å². The summed E-state index contributed by atoms with van der Waals surface area (Å²) in [5.41, 5.74) is 2.83. The molecule has 0 saturated carbocycles. The Morgan fingerprint density at radius 2 is 1.59 bits per heavy atom. The van der Waals surface area contributed by atoms with Gasteiger partial charge in [0.05, 0.1) is 6.04 Å². The van der Waals surface area contributed by atoms with Crippen LogP contribution in [0.2, 0.25) is 0 Å². The molecule has 32 heavy (non-hydrogen) atoms. The molecule has 4 aromatic rings. The predicted octanol–water partition coefficient (Wildman–Crippen LogP) is 5.22. The lowest BCUT2D eigenvalue weighted by atomic mass is 10.1. The van der Waals surface area contributed by atoms with Crippen LogP contribution in [0.4, 0.5) is 10.1 Å². The highest BCUT2D eigenvalue weighted by molar-refractivity contribution is 6.04. The van der Waals surface area contributed by atoms with Crippen molar-refractivity contribution in [2.24, 2.45) is 0 Å². The normalized spacial score (nSPS) is 11.6. The molecule has 2 amide bonds. The van der Waals surface area contributed by atoms with E-state index in [1.807, 2.05) is 49.4 Å². The molecule has 2 N–H and O–H groups in total. The van der Waals surface area contributed by atoms with Crippen molar-refractivity contribution in [2.45, 2.75) is 13.0 Å². The van der Waals surface area contributed by atoms with E-state index in [1.54, 1.807) is 18.2 Å². The molecule has 0 spiro atoms. The van der Waals surface area contributed by atoms with Gasteiger partial charge in [0.25, 0.3) is 11.8 Å². The third-order valence-electron chi connectivity index (χ3n) is 4.92. The Labute approximate surface area is 184 Å². The minimum absolute atomic E-state index is 0.193. The number of nitrogens with one attached hydrogen (secondary N) is 2. The van der Waals surface area contributed by atoms with Crippen molar-refractivity contribution in [1.82, 2.24) is 10.5 Å². The maximum atomic E-state index is 13.0. The highest BCUT2D eigenvalue weighted by atomic mass is 19.1. The number of halogens is 1. The van der Waals surface area contributed by atoms with Crippen LogP contribution in [0, 0.1) is 5.82 Å². The molecule has 0 saturated heterocycles. The summed E-state index contributed by atoms with van der Waals surface area (Å²) >= 11 is 0. The molecular formula is C25H20FN3O3. The zero-order chi connectivity index (χ0) is 22.5. The van der Waals surface area contributed by atoms with Crippen LogP contribution in [-0.2, 0) is 0 Å². The Morgan fingerprint density at radius 3 is 2.28 bits per heavy atom. The van der Waals surface area contributed by atoms with E-state index in [-0.39, 0.29) is 23.6 Å². The third-order valence-corrected chi connectivity index (χ3v) is 4.92. The standard InChI is InChI=1S/C25H20FN3O3/c1-16(27-25(31)22-15-23(32-29-22)18-5-3-2-4-6-18)17-9-13-21(14-10-17)28-24(30)19-7-11-20(26)12-8-19/h2-16H,1H3,(H,27,31)(H,28,30). The lowest BCUT2D eigenvalue weighted by Crippen LogP contribution is -2.26. The zero-order valence-electron chi connectivity index (χ0n) is 17.2. The zero-order valence-corrected chi connectivity index (χ0v) is 17.2. The Morgan fingerprint density at radius 1 is 0.906 bits per heavy atom. The first-order valence-corrected chi connectivity index (χ1v) is 9.99. The molecule has 1 unspecified atom stereocenters. The summed E-state index contributed by atoms with van der Waals surface area (Å²) in [6.45, 7) is 1.85. The van der Waals surface area contributed by atoms with Gasteiger partial charge in [-0.2, -0.15) is 0 Å². The molecule has 0 aliphatic carbocycles. The third kappa shape index (κ3) is 4.89. The lowest BCUT2D eigenvalue weighted by Gasteiger charge is -2.14. The van der Waals surface area contributed by atoms with E-state index in [0.717, 1.165) is 11.1 Å². The van der Waals surface area contributed by atoms with Crippen LogP contribution in [0.5, 0.6) is 0 Å². The number of aromatic nitrogens is 1. The van der Waals surface area contributed by atoms with Crippen LogP contribution in [0.1, 0.15) is 39.4 Å². The van der Waals surface area contributed by atoms with Crippen LogP contribution in [0.15, 0.2) is 89.5 Å². The average Bonchev–Trinajstić information content (AvgIpc) is 3.31. The van der Waals surface area contributed by atoms with Crippen molar-refractivity contribution in [2.75, 3.05) is 5.32 Å². The Hall–Kier alpha value is -4.26. The fourth-order valence-electron chi connectivity index (χ4n) is 3.13. The minimum atomic E-state index is -0.399. The number of anilines is 1. The molecule has 6 nitrogen and oxygen atoms in total. The highest BCUT2D eigenvalue weighted by Crippen LogP contribution is 2.21. The second kappa shape index (κ2) is 9.26. The van der Waals surface area contributed by atoms with Crippen molar-refractivity contribution in [3.8, 4) is 11.3 Å². The van der Waals surface area contributed by atoms with Gasteiger partial charge in [-0.3, -0.25) is 9.59 Å². The van der Waals surface area contributed by atoms with Gasteiger partial charge < -0.3 is 15.2 Å². The average molecular weight is 429 g/mol. The first-order chi connectivity index (χ1) is 15.5. The fraction of sp³-hybridized carbons (Fsp3) is 0.0800. The minimum Gasteiger partial charge on any atom is -0.355 e. The predicted molar refractivity (Wildman–Crippen MR) is 119 cm³/mol. The maximum Gasteiger partial charge on any atom is 0.273 e. The number of hydrogen-bond donors (Lipinski definition) is 2. The van der Waals surface area contributed by atoms with E-state index in [2.05, 4.69) is 15.8 Å². The van der Waals surface area contributed by atoms with E-state index in [1.165, 1.54) is 24.3 Å². The van der Waals surface area contributed by atoms with Crippen LogP contribution in [0.25, 0.3) is 11.3 Å². The molecule has 4 rings (SSSR count). The maximum absolute atomic E-state index is 13.0. The number of hydrogen-bond acceptors (Lipinski definition) is 4. The number of carbonyl (C=O) groups excluding carboxylic acids is 2. The molecule has 1 heterocycles. The Kier molecular flexibility index (Phi) is 6.07. The van der Waals surface area contributed by atoms with Crippen LogP contribution >= 0.6 is 0 Å². The van der Waals surface area contributed by atoms with Gasteiger partial charge in [0.2, 0.25) is 0 Å². The molecule has 1 aromatic heterocycles. The molecule has 0 aliphatic rings. The molecule has 0 aliphatic heterocycles. The number of amides is 2. The summed E-state index contributed by atoms with van der Waals surface area (Å²) in [5.74, 6) is -0.565. The Balaban J connectivity index is 1.37. The van der Waals surface area contributed by atoms with Gasteiger partial charge in [-0.25, -0.2) is 4.39 Å². The summed E-state index contributed by atoms with van der Waals surface area (Å²) in [7, 11) is 0. The summed E-state index contributed by atoms with van der Waals surface area (Å²) in [6, 6.07) is 23.1. The first-order valence-electron chi connectivity index (χ1n) is 9.99. The van der Waals surface area contributed by atoms with E-state index in [0.29, 0.717) is 17.0 Å². The topological polar surface area (TPSA) is 84.2 Å². The molecule has 0 bridgehead atoms. The lowest BCUT2D eigenvalue weighted by molar-refractivity contribution is 0.0930. The van der Waals surface area contributed by atoms with Crippen molar-refractivity contribution >= 4 is 17.5 Å². The van der Waals surface area contributed by atoms with Crippen molar-refractivity contribution in [3.05, 3.63) is 108 Å². The largest absolute Gasteiger partial charge is 0.355 e. The molecule has 7 heteroatoms. The summed E-state index contributed by atoms with van der Waals surface area (Å²) < 4.78 is 18.3. The number of rotatable bonds is 6. The van der Waals surface area contributed by atoms with E-state index in [9.17, 15) is 14.0 Å². The smallest absolute Gasteiger partial charge is 0.273 e. The SMILES string of the molecule is CC(NC(=O)c1cc(-c2ccccc2)on1)c1ccc(NC(=O)c2ccc(F)cc2)cc1. The highest BCUT2D eigenvalue weighted by Gasteiger charge is 2.17. The van der Waals surface area contributed by atoms with Crippen molar-refractivity contribution < 1.29 is 18.5 Å². The second-order valence-corrected chi connectivity index (χ2v) is 7.22. The summed E-state index contributed by atoms with van der Waals surface area (Å²) in [4.78, 5) is 24.8. The van der Waals surface area contributed by atoms with Gasteiger partial charge in [0.1, 0.15) is 5.82 Å². The molecular weight excluding hydrogens is 409 g/mol. The van der Waals surface area contributed by atoms with E-state index in [4.69, 9.17) is 4.52 Å². The summed E-state index contributed by atoms with van der Waals surface area (Å²) in [5, 5.41) is 9.50. The number of carbonyl (C=O) groups is 2. The summed E-state index contributed by atoms with van der Waals surface area (Å²) in [6.07, 6.45) is 0. The van der Waals surface area contributed by atoms with Gasteiger partial charge >= 0.3 is 0 Å². The van der Waals surface area contributed by atoms with Crippen LogP contribution < -0.4 is 10.6 Å². The van der Waals surface area contributed by atoms with Crippen LogP contribution in [0.3, 0.4) is 0 Å². The van der Waals surface area contributed by atoms with Gasteiger partial charge in [-0.1, -0.05) is 47.6 Å². The van der Waals surface area contributed by atoms with Crippen molar-refractivity contribution in [1.29, 1.82) is 0 Å². The fourth-order valence-corrected chi connectivity index (χ4v) is 3.13. The molecule has 1 atom stereocenters. The molecule has 160 valence electrons.